The summed E-state index contributed by atoms with van der Waals surface area (Å²) >= 11 is 0. The number of carbonyl (C=O) groups excluding carboxylic acids is 1. The molecule has 1 saturated carbocycles. The Hall–Kier alpha value is -2.30. The van der Waals surface area contributed by atoms with E-state index in [0.29, 0.717) is 12.8 Å². The van der Waals surface area contributed by atoms with E-state index in [0.717, 1.165) is 11.6 Å². The Balaban J connectivity index is 1.88. The largest absolute Gasteiger partial charge is 0.418 e. The van der Waals surface area contributed by atoms with Crippen molar-refractivity contribution in [3.8, 4) is 0 Å². The van der Waals surface area contributed by atoms with E-state index in [1.54, 1.807) is 0 Å². The molecule has 1 aliphatic rings. The zero-order chi connectivity index (χ0) is 15.8. The number of para-hydroxylation sites is 1. The Morgan fingerprint density at radius 1 is 0.955 bits per heavy atom. The highest BCUT2D eigenvalue weighted by molar-refractivity contribution is 6.01. The molecule has 2 aromatic carbocycles. The molecule has 1 amide bonds. The van der Waals surface area contributed by atoms with Crippen LogP contribution in [0.15, 0.2) is 54.6 Å². The molecule has 0 saturated heterocycles. The van der Waals surface area contributed by atoms with Crippen LogP contribution in [0.3, 0.4) is 0 Å². The molecule has 0 spiro atoms. The number of hydrogen-bond donors (Lipinski definition) is 1. The first-order valence-electron chi connectivity index (χ1n) is 6.97. The molecule has 1 aliphatic carbocycles. The monoisotopic (exact) mass is 305 g/mol. The van der Waals surface area contributed by atoms with E-state index in [1.165, 1.54) is 18.2 Å². The van der Waals surface area contributed by atoms with E-state index in [1.807, 2.05) is 30.3 Å². The lowest BCUT2D eigenvalue weighted by Crippen LogP contribution is -2.28. The minimum absolute atomic E-state index is 0.192. The summed E-state index contributed by atoms with van der Waals surface area (Å²) in [5.41, 5.74) is -0.869. The smallest absolute Gasteiger partial charge is 0.325 e. The standard InChI is InChI=1S/C17H14F3NO/c18-17(19,20)13-8-4-5-9-14(13)21-15(22)16(10-11-16)12-6-2-1-3-7-12/h1-9H,10-11H2,(H,21,22). The minimum atomic E-state index is -4.49. The summed E-state index contributed by atoms with van der Waals surface area (Å²) in [6.07, 6.45) is -3.19. The summed E-state index contributed by atoms with van der Waals surface area (Å²) in [4.78, 5) is 12.5. The van der Waals surface area contributed by atoms with Crippen LogP contribution in [0.2, 0.25) is 0 Å². The molecule has 1 fully saturated rings. The van der Waals surface area contributed by atoms with Gasteiger partial charge in [-0.15, -0.1) is 0 Å². The molecular formula is C17H14F3NO. The van der Waals surface area contributed by atoms with Crippen LogP contribution in [0.4, 0.5) is 18.9 Å². The Kier molecular flexibility index (Phi) is 3.43. The van der Waals surface area contributed by atoms with Gasteiger partial charge in [0.1, 0.15) is 0 Å². The van der Waals surface area contributed by atoms with Crippen LogP contribution in [-0.4, -0.2) is 5.91 Å². The van der Waals surface area contributed by atoms with Gasteiger partial charge in [-0.3, -0.25) is 4.79 Å². The Morgan fingerprint density at radius 3 is 2.14 bits per heavy atom. The van der Waals surface area contributed by atoms with Crippen LogP contribution < -0.4 is 5.32 Å². The highest BCUT2D eigenvalue weighted by Gasteiger charge is 2.51. The summed E-state index contributed by atoms with van der Waals surface area (Å²) in [6, 6.07) is 14.2. The van der Waals surface area contributed by atoms with Crippen LogP contribution in [0.25, 0.3) is 0 Å². The van der Waals surface area contributed by atoms with Crippen LogP contribution in [-0.2, 0) is 16.4 Å². The SMILES string of the molecule is O=C(Nc1ccccc1C(F)(F)F)C1(c2ccccc2)CC1. The number of halogens is 3. The third-order valence-electron chi connectivity index (χ3n) is 3.99. The lowest BCUT2D eigenvalue weighted by atomic mass is 9.95. The average Bonchev–Trinajstić information content (AvgIpc) is 3.29. The second kappa shape index (κ2) is 5.16. The van der Waals surface area contributed by atoms with E-state index in [-0.39, 0.29) is 11.6 Å². The molecule has 2 aromatic rings. The topological polar surface area (TPSA) is 29.1 Å². The fourth-order valence-electron chi connectivity index (χ4n) is 2.61. The van der Waals surface area contributed by atoms with Crippen molar-refractivity contribution >= 4 is 11.6 Å². The van der Waals surface area contributed by atoms with E-state index in [2.05, 4.69) is 5.32 Å². The number of amides is 1. The maximum atomic E-state index is 13.0. The predicted molar refractivity (Wildman–Crippen MR) is 77.4 cm³/mol. The van der Waals surface area contributed by atoms with Gasteiger partial charge in [-0.2, -0.15) is 13.2 Å². The lowest BCUT2D eigenvalue weighted by Gasteiger charge is -2.18. The molecule has 3 rings (SSSR count). The van der Waals surface area contributed by atoms with E-state index >= 15 is 0 Å². The summed E-state index contributed by atoms with van der Waals surface area (Å²) in [7, 11) is 0. The van der Waals surface area contributed by atoms with Gasteiger partial charge in [-0.25, -0.2) is 0 Å². The van der Waals surface area contributed by atoms with Gasteiger partial charge in [-0.05, 0) is 30.5 Å². The van der Waals surface area contributed by atoms with Crippen molar-refractivity contribution in [3.05, 3.63) is 65.7 Å². The molecule has 0 aliphatic heterocycles. The second-order valence-corrected chi connectivity index (χ2v) is 5.45. The van der Waals surface area contributed by atoms with Gasteiger partial charge in [0.25, 0.3) is 0 Å². The minimum Gasteiger partial charge on any atom is -0.325 e. The Morgan fingerprint density at radius 2 is 1.55 bits per heavy atom. The number of nitrogens with one attached hydrogen (secondary N) is 1. The van der Waals surface area contributed by atoms with Crippen molar-refractivity contribution in [2.45, 2.75) is 24.4 Å². The molecule has 0 bridgehead atoms. The number of rotatable bonds is 3. The predicted octanol–water partition coefficient (Wildman–Crippen LogP) is 4.38. The fourth-order valence-corrected chi connectivity index (χ4v) is 2.61. The molecule has 0 aromatic heterocycles. The third-order valence-corrected chi connectivity index (χ3v) is 3.99. The molecule has 0 radical (unpaired) electrons. The van der Waals surface area contributed by atoms with Crippen molar-refractivity contribution < 1.29 is 18.0 Å². The molecular weight excluding hydrogens is 291 g/mol. The van der Waals surface area contributed by atoms with Gasteiger partial charge in [0.05, 0.1) is 16.7 Å². The first-order chi connectivity index (χ1) is 10.4. The molecule has 1 N–H and O–H groups in total. The highest BCUT2D eigenvalue weighted by atomic mass is 19.4. The number of alkyl halides is 3. The zero-order valence-electron chi connectivity index (χ0n) is 11.7. The van der Waals surface area contributed by atoms with Crippen molar-refractivity contribution in [2.24, 2.45) is 0 Å². The number of carbonyl (C=O) groups is 1. The molecule has 0 atom stereocenters. The molecule has 22 heavy (non-hydrogen) atoms. The summed E-state index contributed by atoms with van der Waals surface area (Å²) in [6.45, 7) is 0. The Labute approximate surface area is 126 Å². The normalized spacial score (nSPS) is 16.1. The van der Waals surface area contributed by atoms with Gasteiger partial charge in [0.2, 0.25) is 5.91 Å². The van der Waals surface area contributed by atoms with E-state index in [9.17, 15) is 18.0 Å². The average molecular weight is 305 g/mol. The number of hydrogen-bond acceptors (Lipinski definition) is 1. The fraction of sp³-hybridized carbons (Fsp3) is 0.235. The maximum absolute atomic E-state index is 13.0. The zero-order valence-corrected chi connectivity index (χ0v) is 11.7. The first-order valence-corrected chi connectivity index (χ1v) is 6.97. The van der Waals surface area contributed by atoms with Crippen LogP contribution in [0.5, 0.6) is 0 Å². The summed E-state index contributed by atoms with van der Waals surface area (Å²) in [5.74, 6) is -0.379. The molecule has 0 heterocycles. The van der Waals surface area contributed by atoms with Gasteiger partial charge in [0, 0.05) is 0 Å². The molecule has 2 nitrogen and oxygen atoms in total. The Bertz CT molecular complexity index is 691. The van der Waals surface area contributed by atoms with Crippen molar-refractivity contribution in [1.82, 2.24) is 0 Å². The van der Waals surface area contributed by atoms with Gasteiger partial charge < -0.3 is 5.32 Å². The van der Waals surface area contributed by atoms with Gasteiger partial charge in [0.15, 0.2) is 0 Å². The highest BCUT2D eigenvalue weighted by Crippen LogP contribution is 2.49. The number of benzene rings is 2. The summed E-state index contributed by atoms with van der Waals surface area (Å²) < 4.78 is 38.9. The van der Waals surface area contributed by atoms with Gasteiger partial charge in [-0.1, -0.05) is 42.5 Å². The third kappa shape index (κ3) is 2.58. The lowest BCUT2D eigenvalue weighted by molar-refractivity contribution is -0.137. The number of anilines is 1. The van der Waals surface area contributed by atoms with E-state index < -0.39 is 17.2 Å². The van der Waals surface area contributed by atoms with Crippen molar-refractivity contribution in [3.63, 3.8) is 0 Å². The van der Waals surface area contributed by atoms with Crippen LogP contribution >= 0.6 is 0 Å². The quantitative estimate of drug-likeness (QED) is 0.896. The van der Waals surface area contributed by atoms with Crippen molar-refractivity contribution in [2.75, 3.05) is 5.32 Å². The van der Waals surface area contributed by atoms with Crippen LogP contribution in [0.1, 0.15) is 24.0 Å². The van der Waals surface area contributed by atoms with Gasteiger partial charge >= 0.3 is 6.18 Å². The maximum Gasteiger partial charge on any atom is 0.418 e. The second-order valence-electron chi connectivity index (χ2n) is 5.45. The molecule has 114 valence electrons. The first kappa shape index (κ1) is 14.6. The van der Waals surface area contributed by atoms with Crippen molar-refractivity contribution in [1.29, 1.82) is 0 Å². The van der Waals surface area contributed by atoms with E-state index in [4.69, 9.17) is 0 Å². The molecule has 5 heteroatoms. The van der Waals surface area contributed by atoms with Crippen LogP contribution in [0, 0.1) is 0 Å². The summed E-state index contributed by atoms with van der Waals surface area (Å²) in [5, 5.41) is 2.46. The molecule has 0 unspecified atom stereocenters.